The number of benzene rings is 9. The van der Waals surface area contributed by atoms with Crippen LogP contribution in [0.15, 0.2) is 200 Å². The monoisotopic (exact) mass is 767 g/mol. The van der Waals surface area contributed by atoms with E-state index < -0.39 is 5.41 Å². The molecule has 9 aromatic carbocycles. The van der Waals surface area contributed by atoms with Gasteiger partial charge < -0.3 is 4.90 Å². The summed E-state index contributed by atoms with van der Waals surface area (Å²) in [5.41, 5.74) is 21.4. The SMILES string of the molecule is CC1(C)c2ccccc2-c2cc(N(c3ccc(C4(c5ccccc5)c5ccccc5-c5ccccc54)cc3)c3cc4ccccc4c4c3-c3ccccc3C4(C)C)ccc21. The summed E-state index contributed by atoms with van der Waals surface area (Å²) in [6.07, 6.45) is 0. The first-order valence-corrected chi connectivity index (χ1v) is 21.4. The van der Waals surface area contributed by atoms with Crippen LogP contribution in [-0.2, 0) is 16.2 Å². The lowest BCUT2D eigenvalue weighted by atomic mass is 9.68. The molecule has 9 aromatic rings. The molecule has 3 aliphatic carbocycles. The van der Waals surface area contributed by atoms with Gasteiger partial charge in [0.2, 0.25) is 0 Å². The van der Waals surface area contributed by atoms with E-state index >= 15 is 0 Å². The molecule has 0 fully saturated rings. The van der Waals surface area contributed by atoms with Crippen molar-refractivity contribution >= 4 is 27.8 Å². The summed E-state index contributed by atoms with van der Waals surface area (Å²) in [6.45, 7) is 9.54. The minimum atomic E-state index is -0.464. The van der Waals surface area contributed by atoms with Gasteiger partial charge in [-0.1, -0.05) is 198 Å². The third-order valence-electron chi connectivity index (χ3n) is 14.3. The molecule has 286 valence electrons. The molecule has 1 nitrogen and oxygen atoms in total. The molecule has 0 aromatic heterocycles. The van der Waals surface area contributed by atoms with Gasteiger partial charge in [0.15, 0.2) is 0 Å². The van der Waals surface area contributed by atoms with E-state index in [-0.39, 0.29) is 10.8 Å². The summed E-state index contributed by atoms with van der Waals surface area (Å²) in [7, 11) is 0. The van der Waals surface area contributed by atoms with Crippen LogP contribution in [-0.4, -0.2) is 0 Å². The van der Waals surface area contributed by atoms with Crippen molar-refractivity contribution in [1.82, 2.24) is 0 Å². The smallest absolute Gasteiger partial charge is 0.0713 e. The molecule has 0 saturated carbocycles. The molecule has 0 radical (unpaired) electrons. The Kier molecular flexibility index (Phi) is 7.31. The van der Waals surface area contributed by atoms with Gasteiger partial charge in [-0.2, -0.15) is 0 Å². The Hall–Kier alpha value is -6.96. The molecule has 0 saturated heterocycles. The zero-order valence-corrected chi connectivity index (χ0v) is 34.5. The van der Waals surface area contributed by atoms with E-state index in [0.29, 0.717) is 0 Å². The molecule has 0 aliphatic heterocycles. The number of nitrogens with zero attached hydrogens (tertiary/aromatic N) is 1. The predicted octanol–water partition coefficient (Wildman–Crippen LogP) is 15.3. The summed E-state index contributed by atoms with van der Waals surface area (Å²) in [6, 6.07) is 75.4. The second-order valence-corrected chi connectivity index (χ2v) is 18.0. The van der Waals surface area contributed by atoms with Crippen molar-refractivity contribution in [2.45, 2.75) is 43.9 Å². The summed E-state index contributed by atoms with van der Waals surface area (Å²) in [5, 5.41) is 2.57. The van der Waals surface area contributed by atoms with Gasteiger partial charge in [0.1, 0.15) is 0 Å². The molecule has 0 atom stereocenters. The Bertz CT molecular complexity index is 3160. The van der Waals surface area contributed by atoms with Crippen molar-refractivity contribution < 1.29 is 0 Å². The van der Waals surface area contributed by atoms with Crippen LogP contribution in [0.5, 0.6) is 0 Å². The van der Waals surface area contributed by atoms with E-state index in [1.807, 2.05) is 0 Å². The van der Waals surface area contributed by atoms with Crippen molar-refractivity contribution in [3.05, 3.63) is 245 Å². The first-order valence-electron chi connectivity index (χ1n) is 21.4. The van der Waals surface area contributed by atoms with Gasteiger partial charge in [-0.25, -0.2) is 0 Å². The Morgan fingerprint density at radius 3 is 1.50 bits per heavy atom. The highest BCUT2D eigenvalue weighted by Crippen LogP contribution is 2.59. The van der Waals surface area contributed by atoms with Crippen LogP contribution in [0.2, 0.25) is 0 Å². The van der Waals surface area contributed by atoms with Gasteiger partial charge in [-0.15, -0.1) is 0 Å². The minimum Gasteiger partial charge on any atom is -0.310 e. The van der Waals surface area contributed by atoms with Gasteiger partial charge in [0, 0.05) is 27.8 Å². The maximum atomic E-state index is 2.55. The first kappa shape index (κ1) is 35.0. The van der Waals surface area contributed by atoms with E-state index in [1.54, 1.807) is 0 Å². The van der Waals surface area contributed by atoms with Gasteiger partial charge in [-0.05, 0) is 113 Å². The van der Waals surface area contributed by atoms with Gasteiger partial charge in [0.05, 0.1) is 11.1 Å². The minimum absolute atomic E-state index is 0.0796. The molecular weight excluding hydrogens is 723 g/mol. The number of hydrogen-bond acceptors (Lipinski definition) is 1. The van der Waals surface area contributed by atoms with Crippen molar-refractivity contribution in [2.24, 2.45) is 0 Å². The Morgan fingerprint density at radius 2 is 0.833 bits per heavy atom. The zero-order valence-electron chi connectivity index (χ0n) is 34.5. The number of hydrogen-bond donors (Lipinski definition) is 0. The summed E-state index contributed by atoms with van der Waals surface area (Å²) in [5.74, 6) is 0. The maximum Gasteiger partial charge on any atom is 0.0713 e. The normalized spacial score (nSPS) is 15.4. The molecule has 0 spiro atoms. The van der Waals surface area contributed by atoms with E-state index in [9.17, 15) is 0 Å². The lowest BCUT2D eigenvalue weighted by Gasteiger charge is -2.35. The molecule has 0 heterocycles. The molecule has 0 amide bonds. The van der Waals surface area contributed by atoms with Crippen LogP contribution in [0.1, 0.15) is 72.2 Å². The molecule has 60 heavy (non-hydrogen) atoms. The Balaban J connectivity index is 1.13. The van der Waals surface area contributed by atoms with Crippen LogP contribution in [0.4, 0.5) is 17.1 Å². The highest BCUT2D eigenvalue weighted by molar-refractivity contribution is 6.06. The van der Waals surface area contributed by atoms with Crippen LogP contribution in [0.25, 0.3) is 44.2 Å². The Morgan fingerprint density at radius 1 is 0.350 bits per heavy atom. The fourth-order valence-corrected chi connectivity index (χ4v) is 11.7. The highest BCUT2D eigenvalue weighted by Gasteiger charge is 2.46. The largest absolute Gasteiger partial charge is 0.310 e. The highest BCUT2D eigenvalue weighted by atomic mass is 15.1. The van der Waals surface area contributed by atoms with Crippen molar-refractivity contribution in [3.8, 4) is 33.4 Å². The zero-order chi connectivity index (χ0) is 40.4. The van der Waals surface area contributed by atoms with Crippen molar-refractivity contribution in [3.63, 3.8) is 0 Å². The quantitative estimate of drug-likeness (QED) is 0.169. The standard InChI is InChI=1S/C59H45N/c1-57(2)49-26-14-10-24-46(49)48-37-42(34-35-51(48)57)60(54-36-38-18-8-9-21-43(38)56-55(54)47-25-13-15-27-50(47)58(56,3)4)41-32-30-40(31-33-41)59(39-19-6-5-7-20-39)52-28-16-11-22-44(52)45-23-12-17-29-53(45)59/h5-37H,1-4H3. The van der Waals surface area contributed by atoms with Gasteiger partial charge in [0.25, 0.3) is 0 Å². The number of fused-ring (bicyclic) bond motifs is 11. The second-order valence-electron chi connectivity index (χ2n) is 18.0. The second kappa shape index (κ2) is 12.5. The number of rotatable bonds is 5. The average Bonchev–Trinajstić information content (AvgIpc) is 3.82. The third-order valence-corrected chi connectivity index (χ3v) is 14.3. The van der Waals surface area contributed by atoms with Crippen LogP contribution >= 0.6 is 0 Å². The van der Waals surface area contributed by atoms with Gasteiger partial charge >= 0.3 is 0 Å². The van der Waals surface area contributed by atoms with E-state index in [2.05, 4.69) is 233 Å². The molecule has 1 heteroatoms. The van der Waals surface area contributed by atoms with Gasteiger partial charge in [-0.3, -0.25) is 0 Å². The third kappa shape index (κ3) is 4.58. The molecule has 0 unspecified atom stereocenters. The summed E-state index contributed by atoms with van der Waals surface area (Å²) < 4.78 is 0. The average molecular weight is 768 g/mol. The molecule has 3 aliphatic rings. The molecule has 0 bridgehead atoms. The van der Waals surface area contributed by atoms with E-state index in [4.69, 9.17) is 0 Å². The van der Waals surface area contributed by atoms with E-state index in [0.717, 1.165) is 11.4 Å². The maximum absolute atomic E-state index is 2.55. The molecule has 12 rings (SSSR count). The molecule has 0 N–H and O–H groups in total. The lowest BCUT2D eigenvalue weighted by Crippen LogP contribution is -2.28. The van der Waals surface area contributed by atoms with E-state index in [1.165, 1.54) is 94.3 Å². The molecular formula is C59H45N. The van der Waals surface area contributed by atoms with Crippen LogP contribution in [0, 0.1) is 0 Å². The summed E-state index contributed by atoms with van der Waals surface area (Å²) in [4.78, 5) is 2.55. The van der Waals surface area contributed by atoms with Crippen molar-refractivity contribution in [1.29, 1.82) is 0 Å². The topological polar surface area (TPSA) is 3.24 Å². The number of anilines is 3. The van der Waals surface area contributed by atoms with Crippen LogP contribution < -0.4 is 4.90 Å². The first-order chi connectivity index (χ1) is 29.3. The lowest BCUT2D eigenvalue weighted by molar-refractivity contribution is 0.660. The van der Waals surface area contributed by atoms with Crippen LogP contribution in [0.3, 0.4) is 0 Å². The predicted molar refractivity (Wildman–Crippen MR) is 251 cm³/mol. The fourth-order valence-electron chi connectivity index (χ4n) is 11.7. The van der Waals surface area contributed by atoms with Crippen molar-refractivity contribution in [2.75, 3.05) is 4.90 Å². The summed E-state index contributed by atoms with van der Waals surface area (Å²) >= 11 is 0. The fraction of sp³-hybridized carbons (Fsp3) is 0.119. The Labute approximate surface area is 353 Å².